The summed E-state index contributed by atoms with van der Waals surface area (Å²) >= 11 is 0. The molecule has 0 rings (SSSR count). The fraction of sp³-hybridized carbons (Fsp3) is 0.818. The zero-order chi connectivity index (χ0) is 44.4. The SMILES string of the molecule is CCC/C=C\C/C=C\CCCCCCCC(=O)OCCCCC/C=C\C/C=C\CCCCCCCCCC(=O)NC(CO)C(O)CCCCCCCCCCCCCCCC. The molecule has 0 aromatic rings. The van der Waals surface area contributed by atoms with E-state index in [1.165, 1.54) is 135 Å². The van der Waals surface area contributed by atoms with Gasteiger partial charge in [0.05, 0.1) is 25.4 Å². The van der Waals surface area contributed by atoms with Gasteiger partial charge in [-0.3, -0.25) is 9.59 Å². The number of unbranched alkanes of at least 4 members (excludes halogenated alkanes) is 29. The van der Waals surface area contributed by atoms with Gasteiger partial charge < -0.3 is 20.3 Å². The number of rotatable bonds is 48. The van der Waals surface area contributed by atoms with Gasteiger partial charge in [-0.25, -0.2) is 0 Å². The molecule has 0 aromatic heterocycles. The summed E-state index contributed by atoms with van der Waals surface area (Å²) in [4.78, 5) is 24.4. The van der Waals surface area contributed by atoms with Gasteiger partial charge in [0, 0.05) is 12.8 Å². The number of aliphatic hydroxyl groups is 2. The van der Waals surface area contributed by atoms with Crippen molar-refractivity contribution < 1.29 is 24.5 Å². The fourth-order valence-electron chi connectivity index (χ4n) is 7.76. The van der Waals surface area contributed by atoms with Gasteiger partial charge in [-0.2, -0.15) is 0 Å². The van der Waals surface area contributed by atoms with Crippen LogP contribution in [0.4, 0.5) is 0 Å². The van der Waals surface area contributed by atoms with E-state index in [1.807, 2.05) is 0 Å². The summed E-state index contributed by atoms with van der Waals surface area (Å²) in [5, 5.41) is 23.2. The van der Waals surface area contributed by atoms with E-state index in [0.717, 1.165) is 96.3 Å². The summed E-state index contributed by atoms with van der Waals surface area (Å²) in [7, 11) is 0. The van der Waals surface area contributed by atoms with Gasteiger partial charge >= 0.3 is 5.97 Å². The van der Waals surface area contributed by atoms with Gasteiger partial charge in [0.15, 0.2) is 0 Å². The van der Waals surface area contributed by atoms with Crippen LogP contribution in [0.2, 0.25) is 0 Å². The zero-order valence-corrected chi connectivity index (χ0v) is 40.4. The van der Waals surface area contributed by atoms with Crippen molar-refractivity contribution in [1.82, 2.24) is 5.32 Å². The van der Waals surface area contributed by atoms with Crippen LogP contribution in [0.1, 0.15) is 264 Å². The number of hydrogen-bond acceptors (Lipinski definition) is 5. The summed E-state index contributed by atoms with van der Waals surface area (Å²) in [5.74, 6) is -0.0841. The van der Waals surface area contributed by atoms with E-state index in [4.69, 9.17) is 4.74 Å². The first kappa shape index (κ1) is 58.8. The molecule has 6 heteroatoms. The Morgan fingerprint density at radius 1 is 0.459 bits per heavy atom. The van der Waals surface area contributed by atoms with Gasteiger partial charge in [0.1, 0.15) is 0 Å². The monoisotopic (exact) mass is 856 g/mol. The van der Waals surface area contributed by atoms with Crippen LogP contribution in [0.15, 0.2) is 48.6 Å². The summed E-state index contributed by atoms with van der Waals surface area (Å²) in [6.45, 7) is 4.83. The molecule has 0 aromatic carbocycles. The van der Waals surface area contributed by atoms with Crippen LogP contribution in [0.3, 0.4) is 0 Å². The number of ether oxygens (including phenoxy) is 1. The zero-order valence-electron chi connectivity index (χ0n) is 40.4. The lowest BCUT2D eigenvalue weighted by Gasteiger charge is -2.22. The summed E-state index contributed by atoms with van der Waals surface area (Å²) < 4.78 is 5.43. The highest BCUT2D eigenvalue weighted by Crippen LogP contribution is 2.16. The van der Waals surface area contributed by atoms with Gasteiger partial charge in [-0.15, -0.1) is 0 Å². The molecule has 0 saturated carbocycles. The smallest absolute Gasteiger partial charge is 0.305 e. The van der Waals surface area contributed by atoms with Crippen molar-refractivity contribution in [1.29, 1.82) is 0 Å². The second-order valence-corrected chi connectivity index (χ2v) is 17.8. The Kier molecular flexibility index (Phi) is 48.7. The highest BCUT2D eigenvalue weighted by molar-refractivity contribution is 5.76. The molecule has 0 saturated heterocycles. The summed E-state index contributed by atoms with van der Waals surface area (Å²) in [5.41, 5.74) is 0. The first-order valence-electron chi connectivity index (χ1n) is 26.4. The molecule has 0 radical (unpaired) electrons. The van der Waals surface area contributed by atoms with Crippen LogP contribution in [0.5, 0.6) is 0 Å². The average molecular weight is 856 g/mol. The van der Waals surface area contributed by atoms with Crippen LogP contribution >= 0.6 is 0 Å². The standard InChI is InChI=1S/C55H101NO5/c1-3-5-7-9-11-13-15-17-24-27-31-35-39-43-47-53(58)52(51-57)56-54(59)48-44-40-36-32-28-25-21-19-18-20-22-26-30-34-38-42-46-50-61-55(60)49-45-41-37-33-29-23-16-14-12-10-8-6-4-2/h8,10,14,16,18,20,26,30,52-53,57-58H,3-7,9,11-13,15,17,19,21-25,27-29,31-51H2,1-2H3,(H,56,59)/b10-8-,16-14-,20-18-,30-26-. The second kappa shape index (κ2) is 50.5. The molecular formula is C55H101NO5. The molecule has 2 atom stereocenters. The van der Waals surface area contributed by atoms with E-state index in [1.54, 1.807) is 0 Å². The lowest BCUT2D eigenvalue weighted by molar-refractivity contribution is -0.143. The van der Waals surface area contributed by atoms with E-state index in [0.29, 0.717) is 25.9 Å². The molecule has 0 bridgehead atoms. The third-order valence-corrected chi connectivity index (χ3v) is 11.8. The molecule has 0 fully saturated rings. The number of carbonyl (C=O) groups excluding carboxylic acids is 2. The molecule has 61 heavy (non-hydrogen) atoms. The number of aliphatic hydroxyl groups excluding tert-OH is 2. The summed E-state index contributed by atoms with van der Waals surface area (Å²) in [6.07, 6.45) is 62.3. The third-order valence-electron chi connectivity index (χ3n) is 11.8. The third kappa shape index (κ3) is 47.1. The Balaban J connectivity index is 3.52. The maximum Gasteiger partial charge on any atom is 0.305 e. The minimum Gasteiger partial charge on any atom is -0.466 e. The number of amides is 1. The molecule has 3 N–H and O–H groups in total. The number of hydrogen-bond donors (Lipinski definition) is 3. The minimum atomic E-state index is -0.675. The Labute approximate surface area is 378 Å². The highest BCUT2D eigenvalue weighted by Gasteiger charge is 2.20. The van der Waals surface area contributed by atoms with Gasteiger partial charge in [0.25, 0.3) is 0 Å². The highest BCUT2D eigenvalue weighted by atomic mass is 16.5. The lowest BCUT2D eigenvalue weighted by atomic mass is 10.0. The van der Waals surface area contributed by atoms with Crippen molar-refractivity contribution in [3.63, 3.8) is 0 Å². The Bertz CT molecular complexity index is 1040. The van der Waals surface area contributed by atoms with Gasteiger partial charge in [0.2, 0.25) is 5.91 Å². The molecule has 0 spiro atoms. The molecule has 1 amide bonds. The lowest BCUT2D eigenvalue weighted by Crippen LogP contribution is -2.45. The predicted molar refractivity (Wildman–Crippen MR) is 264 cm³/mol. The van der Waals surface area contributed by atoms with Crippen LogP contribution < -0.4 is 5.32 Å². The molecule has 6 nitrogen and oxygen atoms in total. The van der Waals surface area contributed by atoms with E-state index in [9.17, 15) is 19.8 Å². The Morgan fingerprint density at radius 3 is 1.31 bits per heavy atom. The molecule has 0 aliphatic rings. The van der Waals surface area contributed by atoms with E-state index < -0.39 is 12.1 Å². The largest absolute Gasteiger partial charge is 0.466 e. The van der Waals surface area contributed by atoms with Crippen molar-refractivity contribution >= 4 is 11.9 Å². The maximum atomic E-state index is 12.4. The van der Waals surface area contributed by atoms with Crippen molar-refractivity contribution in [2.24, 2.45) is 0 Å². The first-order chi connectivity index (χ1) is 30.0. The number of nitrogens with one attached hydrogen (secondary N) is 1. The molecule has 2 unspecified atom stereocenters. The van der Waals surface area contributed by atoms with E-state index >= 15 is 0 Å². The molecular weight excluding hydrogens is 755 g/mol. The van der Waals surface area contributed by atoms with E-state index in [2.05, 4.69) is 67.8 Å². The molecule has 0 heterocycles. The molecule has 0 aliphatic carbocycles. The number of carbonyl (C=O) groups is 2. The van der Waals surface area contributed by atoms with Crippen molar-refractivity contribution in [2.75, 3.05) is 13.2 Å². The van der Waals surface area contributed by atoms with Gasteiger partial charge in [-0.05, 0) is 89.9 Å². The topological polar surface area (TPSA) is 95.9 Å². The Morgan fingerprint density at radius 2 is 0.852 bits per heavy atom. The van der Waals surface area contributed by atoms with Crippen LogP contribution in [0, 0.1) is 0 Å². The average Bonchev–Trinajstić information content (AvgIpc) is 3.26. The maximum absolute atomic E-state index is 12.4. The number of allylic oxidation sites excluding steroid dienone is 8. The normalized spacial score (nSPS) is 13.0. The van der Waals surface area contributed by atoms with Crippen LogP contribution in [-0.4, -0.2) is 47.4 Å². The van der Waals surface area contributed by atoms with Gasteiger partial charge in [-0.1, -0.05) is 210 Å². The van der Waals surface area contributed by atoms with Crippen LogP contribution in [0.25, 0.3) is 0 Å². The van der Waals surface area contributed by atoms with Crippen molar-refractivity contribution in [2.45, 2.75) is 276 Å². The molecule has 0 aliphatic heterocycles. The minimum absolute atomic E-state index is 0.0316. The quantitative estimate of drug-likeness (QED) is 0.0322. The molecule has 356 valence electrons. The van der Waals surface area contributed by atoms with Crippen molar-refractivity contribution in [3.8, 4) is 0 Å². The van der Waals surface area contributed by atoms with Crippen molar-refractivity contribution in [3.05, 3.63) is 48.6 Å². The number of esters is 1. The van der Waals surface area contributed by atoms with Crippen LogP contribution in [-0.2, 0) is 14.3 Å². The Hall–Kier alpha value is -2.18. The second-order valence-electron chi connectivity index (χ2n) is 17.8. The summed E-state index contributed by atoms with van der Waals surface area (Å²) in [6, 6.07) is -0.554. The van der Waals surface area contributed by atoms with E-state index in [-0.39, 0.29) is 18.5 Å². The fourth-order valence-corrected chi connectivity index (χ4v) is 7.76. The predicted octanol–water partition coefficient (Wildman–Crippen LogP) is 15.8. The first-order valence-corrected chi connectivity index (χ1v) is 26.4.